The third-order valence-corrected chi connectivity index (χ3v) is 6.07. The highest BCUT2D eigenvalue weighted by Crippen LogP contribution is 2.36. The Hall–Kier alpha value is -3.55. The van der Waals surface area contributed by atoms with Crippen molar-refractivity contribution >= 4 is 11.7 Å². The minimum atomic E-state index is -0.134. The van der Waals surface area contributed by atoms with Gasteiger partial charge in [-0.2, -0.15) is 0 Å². The molecule has 1 saturated heterocycles. The number of urea groups is 1. The summed E-state index contributed by atoms with van der Waals surface area (Å²) in [6.45, 7) is 4.26. The van der Waals surface area contributed by atoms with Gasteiger partial charge >= 0.3 is 6.03 Å². The van der Waals surface area contributed by atoms with Crippen molar-refractivity contribution in [2.45, 2.75) is 25.8 Å². The third-order valence-electron chi connectivity index (χ3n) is 6.07. The monoisotopic (exact) mass is 419 g/mol. The van der Waals surface area contributed by atoms with Crippen molar-refractivity contribution in [1.29, 1.82) is 0 Å². The molecule has 1 aromatic carbocycles. The first-order valence-corrected chi connectivity index (χ1v) is 10.6. The fourth-order valence-corrected chi connectivity index (χ4v) is 4.75. The van der Waals surface area contributed by atoms with Crippen LogP contribution in [0.4, 0.5) is 10.5 Å². The molecule has 0 unspecified atom stereocenters. The average molecular weight is 419 g/mol. The second kappa shape index (κ2) is 7.94. The Morgan fingerprint density at radius 1 is 1.23 bits per heavy atom. The number of likely N-dealkylation sites (tertiary alicyclic amines) is 1. The summed E-state index contributed by atoms with van der Waals surface area (Å²) in [5.74, 6) is 1.63. The molecular weight excluding hydrogens is 394 g/mol. The van der Waals surface area contributed by atoms with Crippen molar-refractivity contribution in [1.82, 2.24) is 19.4 Å². The van der Waals surface area contributed by atoms with E-state index in [4.69, 9.17) is 4.74 Å². The van der Waals surface area contributed by atoms with Gasteiger partial charge in [0.25, 0.3) is 5.56 Å². The zero-order chi connectivity index (χ0) is 21.4. The molecule has 2 bridgehead atoms. The summed E-state index contributed by atoms with van der Waals surface area (Å²) in [6, 6.07) is 11.2. The Labute approximate surface area is 179 Å². The van der Waals surface area contributed by atoms with Crippen LogP contribution >= 0.6 is 0 Å². The van der Waals surface area contributed by atoms with E-state index < -0.39 is 0 Å². The van der Waals surface area contributed by atoms with E-state index in [1.165, 1.54) is 0 Å². The van der Waals surface area contributed by atoms with Crippen LogP contribution in [0.1, 0.15) is 25.0 Å². The normalized spacial score (nSPS) is 19.6. The predicted molar refractivity (Wildman–Crippen MR) is 117 cm³/mol. The Bertz CT molecular complexity index is 1150. The topological polar surface area (TPSA) is 92.2 Å². The first-order valence-electron chi connectivity index (χ1n) is 10.6. The number of benzene rings is 1. The lowest BCUT2D eigenvalue weighted by atomic mass is 9.83. The Morgan fingerprint density at radius 3 is 2.90 bits per heavy atom. The van der Waals surface area contributed by atoms with E-state index in [0.717, 1.165) is 12.1 Å². The number of rotatable bonds is 4. The minimum absolute atomic E-state index is 0.0225. The quantitative estimate of drug-likeness (QED) is 0.679. The molecule has 2 aliphatic rings. The van der Waals surface area contributed by atoms with Gasteiger partial charge in [-0.25, -0.2) is 9.78 Å². The van der Waals surface area contributed by atoms with E-state index in [0.29, 0.717) is 49.1 Å². The molecule has 0 spiro atoms. The lowest BCUT2D eigenvalue weighted by molar-refractivity contribution is 0.139. The first-order chi connectivity index (χ1) is 15.1. The SMILES string of the molecule is CCOc1ccccc1NC(=O)N1C[C@@H]2C[C@H](C1)c1ccc(-c3ncc[nH]3)c(=O)n1C2. The molecule has 0 radical (unpaired) electrons. The fraction of sp³-hybridized carbons (Fsp3) is 0.348. The number of carbonyl (C=O) groups is 1. The molecule has 2 aliphatic heterocycles. The van der Waals surface area contributed by atoms with Gasteiger partial charge in [-0.15, -0.1) is 0 Å². The Kier molecular flexibility index (Phi) is 4.97. The van der Waals surface area contributed by atoms with Crippen LogP contribution < -0.4 is 15.6 Å². The number of amides is 2. The maximum Gasteiger partial charge on any atom is 0.321 e. The summed E-state index contributed by atoms with van der Waals surface area (Å²) in [6.07, 6.45) is 4.35. The standard InChI is InChI=1S/C23H25N5O3/c1-2-31-20-6-4-3-5-18(20)26-23(30)27-12-15-11-16(14-27)19-8-7-17(21-24-9-10-25-21)22(29)28(19)13-15/h3-10,15-16H,2,11-14H2,1H3,(H,24,25)(H,26,30)/t15-,16+/m0/s1. The van der Waals surface area contributed by atoms with Crippen LogP contribution in [0.25, 0.3) is 11.4 Å². The van der Waals surface area contributed by atoms with Crippen LogP contribution in [0, 0.1) is 5.92 Å². The maximum absolute atomic E-state index is 13.1. The minimum Gasteiger partial charge on any atom is -0.492 e. The van der Waals surface area contributed by atoms with Crippen LogP contribution in [-0.4, -0.2) is 45.2 Å². The van der Waals surface area contributed by atoms with E-state index in [2.05, 4.69) is 15.3 Å². The summed E-state index contributed by atoms with van der Waals surface area (Å²) >= 11 is 0. The number of fused-ring (bicyclic) bond motifs is 4. The highest BCUT2D eigenvalue weighted by Gasteiger charge is 2.37. The van der Waals surface area contributed by atoms with Gasteiger partial charge in [-0.05, 0) is 43.5 Å². The van der Waals surface area contributed by atoms with Crippen molar-refractivity contribution in [3.05, 3.63) is 64.8 Å². The number of imidazole rings is 1. The van der Waals surface area contributed by atoms with E-state index in [1.807, 2.05) is 52.8 Å². The molecule has 2 N–H and O–H groups in total. The Morgan fingerprint density at radius 2 is 2.10 bits per heavy atom. The smallest absolute Gasteiger partial charge is 0.321 e. The van der Waals surface area contributed by atoms with Crippen LogP contribution in [-0.2, 0) is 6.54 Å². The van der Waals surface area contributed by atoms with Gasteiger partial charge < -0.3 is 24.5 Å². The van der Waals surface area contributed by atoms with E-state index in [-0.39, 0.29) is 23.4 Å². The molecule has 160 valence electrons. The zero-order valence-corrected chi connectivity index (χ0v) is 17.4. The number of hydrogen-bond donors (Lipinski definition) is 2. The van der Waals surface area contributed by atoms with Crippen LogP contribution in [0.2, 0.25) is 0 Å². The number of pyridine rings is 1. The molecule has 31 heavy (non-hydrogen) atoms. The molecule has 2 aromatic heterocycles. The highest BCUT2D eigenvalue weighted by molar-refractivity contribution is 5.91. The molecule has 4 heterocycles. The average Bonchev–Trinajstić information content (AvgIpc) is 3.30. The van der Waals surface area contributed by atoms with E-state index >= 15 is 0 Å². The van der Waals surface area contributed by atoms with E-state index in [9.17, 15) is 9.59 Å². The van der Waals surface area contributed by atoms with Gasteiger partial charge in [0.05, 0.1) is 17.9 Å². The summed E-state index contributed by atoms with van der Waals surface area (Å²) in [5.41, 5.74) is 2.22. The van der Waals surface area contributed by atoms with Gasteiger partial charge in [0.1, 0.15) is 11.6 Å². The molecule has 8 heteroatoms. The third kappa shape index (κ3) is 3.58. The van der Waals surface area contributed by atoms with Crippen molar-refractivity contribution in [2.75, 3.05) is 25.0 Å². The summed E-state index contributed by atoms with van der Waals surface area (Å²) in [4.78, 5) is 35.2. The molecule has 5 rings (SSSR count). The van der Waals surface area contributed by atoms with Crippen molar-refractivity contribution in [3.63, 3.8) is 0 Å². The summed E-state index contributed by atoms with van der Waals surface area (Å²) < 4.78 is 7.49. The van der Waals surface area contributed by atoms with Crippen molar-refractivity contribution in [2.24, 2.45) is 5.92 Å². The molecular formula is C23H25N5O3. The lowest BCUT2D eigenvalue weighted by Gasteiger charge is -2.42. The number of nitrogens with one attached hydrogen (secondary N) is 2. The fourth-order valence-electron chi connectivity index (χ4n) is 4.75. The number of aromatic nitrogens is 3. The number of ether oxygens (including phenoxy) is 1. The van der Waals surface area contributed by atoms with Gasteiger partial charge in [-0.3, -0.25) is 4.79 Å². The highest BCUT2D eigenvalue weighted by atomic mass is 16.5. The number of nitrogens with zero attached hydrogens (tertiary/aromatic N) is 3. The van der Waals surface area contributed by atoms with Gasteiger partial charge in [0.2, 0.25) is 0 Å². The van der Waals surface area contributed by atoms with Crippen LogP contribution in [0.3, 0.4) is 0 Å². The molecule has 8 nitrogen and oxygen atoms in total. The first kappa shape index (κ1) is 19.4. The number of carbonyl (C=O) groups excluding carboxylic acids is 1. The second-order valence-corrected chi connectivity index (χ2v) is 8.09. The van der Waals surface area contributed by atoms with Crippen LogP contribution in [0.15, 0.2) is 53.6 Å². The number of aromatic amines is 1. The summed E-state index contributed by atoms with van der Waals surface area (Å²) in [7, 11) is 0. The van der Waals surface area contributed by atoms with Gasteiger partial charge in [-0.1, -0.05) is 12.1 Å². The van der Waals surface area contributed by atoms with Gasteiger partial charge in [0, 0.05) is 43.6 Å². The maximum atomic E-state index is 13.1. The second-order valence-electron chi connectivity index (χ2n) is 8.09. The molecule has 0 aliphatic carbocycles. The Balaban J connectivity index is 1.37. The number of hydrogen-bond acceptors (Lipinski definition) is 4. The van der Waals surface area contributed by atoms with Crippen molar-refractivity contribution < 1.29 is 9.53 Å². The largest absolute Gasteiger partial charge is 0.492 e. The molecule has 3 aromatic rings. The molecule has 0 saturated carbocycles. The molecule has 2 atom stereocenters. The van der Waals surface area contributed by atoms with Crippen LogP contribution in [0.5, 0.6) is 5.75 Å². The summed E-state index contributed by atoms with van der Waals surface area (Å²) in [5, 5.41) is 3.00. The number of para-hydroxylation sites is 2. The molecule has 1 fully saturated rings. The number of piperidine rings is 1. The molecule has 2 amide bonds. The van der Waals surface area contributed by atoms with Crippen molar-refractivity contribution in [3.8, 4) is 17.1 Å². The predicted octanol–water partition coefficient (Wildman–Crippen LogP) is 3.29. The zero-order valence-electron chi connectivity index (χ0n) is 17.4. The lowest BCUT2D eigenvalue weighted by Crippen LogP contribution is -2.50. The number of H-pyrrole nitrogens is 1. The van der Waals surface area contributed by atoms with Gasteiger partial charge in [0.15, 0.2) is 0 Å². The van der Waals surface area contributed by atoms with E-state index in [1.54, 1.807) is 12.4 Å². The number of anilines is 1.